The molecule has 2 aromatic rings. The van der Waals surface area contributed by atoms with Crippen LogP contribution < -0.4 is 5.32 Å². The summed E-state index contributed by atoms with van der Waals surface area (Å²) < 4.78 is 5.44. The van der Waals surface area contributed by atoms with Crippen molar-refractivity contribution in [3.63, 3.8) is 0 Å². The van der Waals surface area contributed by atoms with Crippen LogP contribution in [0.2, 0.25) is 0 Å². The van der Waals surface area contributed by atoms with Crippen molar-refractivity contribution in [2.75, 3.05) is 32.8 Å². The van der Waals surface area contributed by atoms with Gasteiger partial charge in [-0.25, -0.2) is 0 Å². The number of nitrogens with zero attached hydrogens (tertiary/aromatic N) is 1. The molecule has 1 aromatic heterocycles. The zero-order valence-electron chi connectivity index (χ0n) is 15.4. The van der Waals surface area contributed by atoms with Gasteiger partial charge in [0.25, 0.3) is 0 Å². The Morgan fingerprint density at radius 1 is 1.23 bits per heavy atom. The Bertz CT molecular complexity index is 746. The number of aryl methyl sites for hydroxylation is 2. The number of carbonyl (C=O) groups excluding carboxylic acids is 1. The summed E-state index contributed by atoms with van der Waals surface area (Å²) in [6.45, 7) is 8.25. The van der Waals surface area contributed by atoms with Crippen molar-refractivity contribution >= 4 is 23.3 Å². The number of morpholine rings is 1. The molecule has 4 nitrogen and oxygen atoms in total. The number of ether oxygens (including phenoxy) is 1. The van der Waals surface area contributed by atoms with E-state index in [0.29, 0.717) is 0 Å². The molecule has 0 unspecified atom stereocenters. The normalized spacial score (nSPS) is 16.7. The largest absolute Gasteiger partial charge is 0.379 e. The van der Waals surface area contributed by atoms with Crippen LogP contribution >= 0.6 is 11.3 Å². The predicted octanol–water partition coefficient (Wildman–Crippen LogP) is 3.57. The number of nitrogens with one attached hydrogen (secondary N) is 1. The molecular formula is C21H26N2O2S. The van der Waals surface area contributed by atoms with Gasteiger partial charge >= 0.3 is 0 Å². The van der Waals surface area contributed by atoms with Gasteiger partial charge in [-0.1, -0.05) is 29.8 Å². The third-order valence-corrected chi connectivity index (χ3v) is 5.61. The SMILES string of the molecule is Cc1ccc([C@H](CN2CCOCC2)NC(=O)/C=C/c2sccc2C)cc1. The second-order valence-electron chi connectivity index (χ2n) is 6.69. The van der Waals surface area contributed by atoms with Crippen LogP contribution in [-0.4, -0.2) is 43.7 Å². The lowest BCUT2D eigenvalue weighted by Gasteiger charge is -2.31. The molecule has 0 aliphatic carbocycles. The van der Waals surface area contributed by atoms with E-state index in [1.165, 1.54) is 11.1 Å². The molecule has 138 valence electrons. The maximum atomic E-state index is 12.5. The van der Waals surface area contributed by atoms with Crippen LogP contribution in [0.4, 0.5) is 0 Å². The lowest BCUT2D eigenvalue weighted by Crippen LogP contribution is -2.42. The summed E-state index contributed by atoms with van der Waals surface area (Å²) in [5, 5.41) is 5.22. The molecule has 3 rings (SSSR count). The molecule has 0 saturated carbocycles. The van der Waals surface area contributed by atoms with Crippen molar-refractivity contribution < 1.29 is 9.53 Å². The predicted molar refractivity (Wildman–Crippen MR) is 107 cm³/mol. The molecule has 1 amide bonds. The molecule has 0 radical (unpaired) electrons. The summed E-state index contributed by atoms with van der Waals surface area (Å²) in [7, 11) is 0. The zero-order valence-corrected chi connectivity index (χ0v) is 16.2. The summed E-state index contributed by atoms with van der Waals surface area (Å²) in [5.41, 5.74) is 3.55. The van der Waals surface area contributed by atoms with Gasteiger partial charge in [0.05, 0.1) is 19.3 Å². The van der Waals surface area contributed by atoms with E-state index < -0.39 is 0 Å². The number of thiophene rings is 1. The molecule has 5 heteroatoms. The van der Waals surface area contributed by atoms with E-state index in [-0.39, 0.29) is 11.9 Å². The van der Waals surface area contributed by atoms with Crippen molar-refractivity contribution in [2.45, 2.75) is 19.9 Å². The molecule has 1 N–H and O–H groups in total. The standard InChI is InChI=1S/C21H26N2O2S/c1-16-3-5-18(6-4-16)19(15-23-10-12-25-13-11-23)22-21(24)8-7-20-17(2)9-14-26-20/h3-9,14,19H,10-13,15H2,1-2H3,(H,22,24)/b8-7+/t19-/m0/s1. The highest BCUT2D eigenvalue weighted by molar-refractivity contribution is 7.11. The molecule has 1 fully saturated rings. The first-order chi connectivity index (χ1) is 12.6. The summed E-state index contributed by atoms with van der Waals surface area (Å²) in [6, 6.07) is 10.4. The van der Waals surface area contributed by atoms with Crippen molar-refractivity contribution in [1.29, 1.82) is 0 Å². The minimum Gasteiger partial charge on any atom is -0.379 e. The lowest BCUT2D eigenvalue weighted by atomic mass is 10.0. The fraction of sp³-hybridized carbons (Fsp3) is 0.381. The Morgan fingerprint density at radius 2 is 1.96 bits per heavy atom. The Balaban J connectivity index is 1.69. The lowest BCUT2D eigenvalue weighted by molar-refractivity contribution is -0.117. The molecule has 1 aromatic carbocycles. The highest BCUT2D eigenvalue weighted by atomic mass is 32.1. The number of hydrogen-bond donors (Lipinski definition) is 1. The van der Waals surface area contributed by atoms with Crippen LogP contribution in [0.25, 0.3) is 6.08 Å². The third kappa shape index (κ3) is 5.27. The van der Waals surface area contributed by atoms with E-state index in [4.69, 9.17) is 4.74 Å². The van der Waals surface area contributed by atoms with Gasteiger partial charge in [-0.2, -0.15) is 0 Å². The first-order valence-electron chi connectivity index (χ1n) is 9.01. The maximum absolute atomic E-state index is 12.5. The Hall–Kier alpha value is -1.95. The fourth-order valence-electron chi connectivity index (χ4n) is 3.00. The molecule has 0 bridgehead atoms. The Morgan fingerprint density at radius 3 is 2.62 bits per heavy atom. The molecule has 26 heavy (non-hydrogen) atoms. The molecule has 2 heterocycles. The first kappa shape index (κ1) is 18.8. The van der Waals surface area contributed by atoms with Crippen LogP contribution in [-0.2, 0) is 9.53 Å². The summed E-state index contributed by atoms with van der Waals surface area (Å²) >= 11 is 1.65. The molecule has 1 atom stereocenters. The van der Waals surface area contributed by atoms with Gasteiger partial charge in [0, 0.05) is 30.6 Å². The second kappa shape index (κ2) is 9.12. The smallest absolute Gasteiger partial charge is 0.244 e. The second-order valence-corrected chi connectivity index (χ2v) is 7.63. The minimum absolute atomic E-state index is 0.0321. The van der Waals surface area contributed by atoms with E-state index in [2.05, 4.69) is 54.4 Å². The monoisotopic (exact) mass is 370 g/mol. The van der Waals surface area contributed by atoms with Crippen LogP contribution in [0.15, 0.2) is 41.8 Å². The molecule has 1 saturated heterocycles. The van der Waals surface area contributed by atoms with Crippen LogP contribution in [0.1, 0.15) is 27.6 Å². The van der Waals surface area contributed by atoms with Crippen LogP contribution in [0.3, 0.4) is 0 Å². The van der Waals surface area contributed by atoms with E-state index in [9.17, 15) is 4.79 Å². The highest BCUT2D eigenvalue weighted by Gasteiger charge is 2.19. The van der Waals surface area contributed by atoms with Crippen molar-refractivity contribution in [3.8, 4) is 0 Å². The molecule has 1 aliphatic rings. The van der Waals surface area contributed by atoms with E-state index in [1.54, 1.807) is 17.4 Å². The number of amides is 1. The molecule has 1 aliphatic heterocycles. The Labute approximate surface area is 159 Å². The van der Waals surface area contributed by atoms with Gasteiger partial charge in [-0.15, -0.1) is 11.3 Å². The average molecular weight is 371 g/mol. The highest BCUT2D eigenvalue weighted by Crippen LogP contribution is 2.18. The molecule has 0 spiro atoms. The average Bonchev–Trinajstić information content (AvgIpc) is 3.06. The number of carbonyl (C=O) groups is 1. The zero-order chi connectivity index (χ0) is 18.4. The maximum Gasteiger partial charge on any atom is 0.244 e. The first-order valence-corrected chi connectivity index (χ1v) is 9.89. The quantitative estimate of drug-likeness (QED) is 0.791. The van der Waals surface area contributed by atoms with Gasteiger partial charge in [0.1, 0.15) is 0 Å². The fourth-order valence-corrected chi connectivity index (χ4v) is 3.82. The van der Waals surface area contributed by atoms with Gasteiger partial charge in [0.2, 0.25) is 5.91 Å². The van der Waals surface area contributed by atoms with Gasteiger partial charge in [-0.3, -0.25) is 9.69 Å². The van der Waals surface area contributed by atoms with E-state index in [0.717, 1.165) is 43.3 Å². The number of hydrogen-bond acceptors (Lipinski definition) is 4. The summed E-state index contributed by atoms with van der Waals surface area (Å²) in [6.07, 6.45) is 3.54. The van der Waals surface area contributed by atoms with Crippen molar-refractivity contribution in [3.05, 3.63) is 63.4 Å². The molecular weight excluding hydrogens is 344 g/mol. The van der Waals surface area contributed by atoms with E-state index >= 15 is 0 Å². The number of rotatable bonds is 6. The number of benzene rings is 1. The van der Waals surface area contributed by atoms with E-state index in [1.807, 2.05) is 11.5 Å². The van der Waals surface area contributed by atoms with Gasteiger partial charge < -0.3 is 10.1 Å². The van der Waals surface area contributed by atoms with Crippen molar-refractivity contribution in [1.82, 2.24) is 10.2 Å². The van der Waals surface area contributed by atoms with Crippen molar-refractivity contribution in [2.24, 2.45) is 0 Å². The van der Waals surface area contributed by atoms with Crippen LogP contribution in [0, 0.1) is 13.8 Å². The van der Waals surface area contributed by atoms with Gasteiger partial charge in [-0.05, 0) is 42.5 Å². The van der Waals surface area contributed by atoms with Crippen LogP contribution in [0.5, 0.6) is 0 Å². The van der Waals surface area contributed by atoms with Gasteiger partial charge in [0.15, 0.2) is 0 Å². The summed E-state index contributed by atoms with van der Waals surface area (Å²) in [5.74, 6) is -0.0587. The minimum atomic E-state index is -0.0587. The third-order valence-electron chi connectivity index (χ3n) is 4.63. The summed E-state index contributed by atoms with van der Waals surface area (Å²) in [4.78, 5) is 16.0. The topological polar surface area (TPSA) is 41.6 Å². The Kier molecular flexibility index (Phi) is 6.61.